The van der Waals surface area contributed by atoms with Crippen molar-refractivity contribution in [1.29, 1.82) is 0 Å². The SMILES string of the molecule is COc1ccc([C@H](Br)C=O)c(Br)c1. The Labute approximate surface area is 93.5 Å². The lowest BCUT2D eigenvalue weighted by Gasteiger charge is -2.07. The molecular formula is C9H8Br2O2. The molecule has 13 heavy (non-hydrogen) atoms. The van der Waals surface area contributed by atoms with Crippen molar-refractivity contribution in [3.05, 3.63) is 28.2 Å². The topological polar surface area (TPSA) is 26.3 Å². The van der Waals surface area contributed by atoms with Gasteiger partial charge >= 0.3 is 0 Å². The molecular weight excluding hydrogens is 300 g/mol. The van der Waals surface area contributed by atoms with E-state index in [4.69, 9.17) is 4.74 Å². The Hall–Kier alpha value is -0.350. The summed E-state index contributed by atoms with van der Waals surface area (Å²) in [5, 5.41) is 0. The normalized spacial score (nSPS) is 12.2. The zero-order valence-electron chi connectivity index (χ0n) is 6.96. The van der Waals surface area contributed by atoms with Gasteiger partial charge in [0.05, 0.1) is 11.9 Å². The highest BCUT2D eigenvalue weighted by Crippen LogP contribution is 2.30. The minimum Gasteiger partial charge on any atom is -0.497 e. The molecule has 0 amide bonds. The monoisotopic (exact) mass is 306 g/mol. The molecule has 1 atom stereocenters. The van der Waals surface area contributed by atoms with Gasteiger partial charge in [-0.2, -0.15) is 0 Å². The van der Waals surface area contributed by atoms with Crippen molar-refractivity contribution < 1.29 is 9.53 Å². The summed E-state index contributed by atoms with van der Waals surface area (Å²) in [6, 6.07) is 5.49. The van der Waals surface area contributed by atoms with Gasteiger partial charge in [-0.25, -0.2) is 0 Å². The number of carbonyl (C=O) groups excluding carboxylic acids is 1. The first kappa shape index (κ1) is 10.7. The third kappa shape index (κ3) is 2.54. The van der Waals surface area contributed by atoms with Crippen molar-refractivity contribution in [2.75, 3.05) is 7.11 Å². The van der Waals surface area contributed by atoms with Crippen LogP contribution in [0.3, 0.4) is 0 Å². The predicted molar refractivity (Wildman–Crippen MR) is 58.4 cm³/mol. The molecule has 4 heteroatoms. The quantitative estimate of drug-likeness (QED) is 0.633. The number of rotatable bonds is 3. The lowest BCUT2D eigenvalue weighted by atomic mass is 10.1. The maximum absolute atomic E-state index is 10.5. The molecule has 2 nitrogen and oxygen atoms in total. The van der Waals surface area contributed by atoms with E-state index in [1.807, 2.05) is 18.2 Å². The summed E-state index contributed by atoms with van der Waals surface area (Å²) in [5.41, 5.74) is 0.899. The molecule has 70 valence electrons. The highest BCUT2D eigenvalue weighted by atomic mass is 79.9. The zero-order valence-corrected chi connectivity index (χ0v) is 10.1. The summed E-state index contributed by atoms with van der Waals surface area (Å²) >= 11 is 6.60. The lowest BCUT2D eigenvalue weighted by Crippen LogP contribution is -1.93. The molecule has 0 fully saturated rings. The second-order valence-electron chi connectivity index (χ2n) is 2.43. The first-order chi connectivity index (χ1) is 6.19. The van der Waals surface area contributed by atoms with Crippen molar-refractivity contribution in [3.63, 3.8) is 0 Å². The Kier molecular flexibility index (Phi) is 3.93. The summed E-state index contributed by atoms with van der Waals surface area (Å²) in [6.45, 7) is 0. The minimum absolute atomic E-state index is 0.271. The fourth-order valence-electron chi connectivity index (χ4n) is 0.932. The highest BCUT2D eigenvalue weighted by molar-refractivity contribution is 9.11. The predicted octanol–water partition coefficient (Wildman–Crippen LogP) is 3.09. The second kappa shape index (κ2) is 4.77. The van der Waals surface area contributed by atoms with Gasteiger partial charge in [-0.05, 0) is 17.7 Å². The third-order valence-corrected chi connectivity index (χ3v) is 3.02. The first-order valence-corrected chi connectivity index (χ1v) is 5.32. The van der Waals surface area contributed by atoms with Crippen LogP contribution in [-0.4, -0.2) is 13.4 Å². The molecule has 0 unspecified atom stereocenters. The maximum atomic E-state index is 10.5. The highest BCUT2D eigenvalue weighted by Gasteiger charge is 2.09. The van der Waals surface area contributed by atoms with E-state index in [1.165, 1.54) is 0 Å². The van der Waals surface area contributed by atoms with Gasteiger partial charge in [-0.3, -0.25) is 0 Å². The zero-order chi connectivity index (χ0) is 9.84. The summed E-state index contributed by atoms with van der Waals surface area (Å²) in [6.07, 6.45) is 0.840. The Morgan fingerprint density at radius 3 is 2.69 bits per heavy atom. The van der Waals surface area contributed by atoms with Crippen LogP contribution in [0.1, 0.15) is 10.4 Å². The molecule has 0 radical (unpaired) electrons. The number of benzene rings is 1. The molecule has 0 N–H and O–H groups in total. The molecule has 0 heterocycles. The van der Waals surface area contributed by atoms with Crippen LogP contribution in [0.25, 0.3) is 0 Å². The van der Waals surface area contributed by atoms with Crippen LogP contribution in [0.4, 0.5) is 0 Å². The molecule has 1 aromatic carbocycles. The largest absolute Gasteiger partial charge is 0.497 e. The number of halogens is 2. The average molecular weight is 308 g/mol. The molecule has 0 aliphatic heterocycles. The Bertz CT molecular complexity index is 312. The van der Waals surface area contributed by atoms with E-state index in [2.05, 4.69) is 31.9 Å². The van der Waals surface area contributed by atoms with Crippen LogP contribution in [0, 0.1) is 0 Å². The van der Waals surface area contributed by atoms with E-state index in [1.54, 1.807) is 7.11 Å². The van der Waals surface area contributed by atoms with E-state index in [0.717, 1.165) is 22.1 Å². The van der Waals surface area contributed by atoms with Crippen LogP contribution >= 0.6 is 31.9 Å². The Morgan fingerprint density at radius 1 is 1.54 bits per heavy atom. The third-order valence-electron chi connectivity index (χ3n) is 1.62. The Morgan fingerprint density at radius 2 is 2.23 bits per heavy atom. The minimum atomic E-state index is -0.271. The molecule has 0 spiro atoms. The van der Waals surface area contributed by atoms with E-state index >= 15 is 0 Å². The van der Waals surface area contributed by atoms with E-state index < -0.39 is 0 Å². The van der Waals surface area contributed by atoms with Crippen molar-refractivity contribution in [2.24, 2.45) is 0 Å². The molecule has 0 aromatic heterocycles. The first-order valence-electron chi connectivity index (χ1n) is 3.62. The number of hydrogen-bond donors (Lipinski definition) is 0. The van der Waals surface area contributed by atoms with Crippen molar-refractivity contribution >= 4 is 38.1 Å². The lowest BCUT2D eigenvalue weighted by molar-refractivity contribution is -0.107. The van der Waals surface area contributed by atoms with Gasteiger partial charge in [0.25, 0.3) is 0 Å². The summed E-state index contributed by atoms with van der Waals surface area (Å²) in [4.78, 5) is 10.2. The molecule has 1 rings (SSSR count). The number of ether oxygens (including phenoxy) is 1. The van der Waals surface area contributed by atoms with Gasteiger partial charge in [0.1, 0.15) is 12.0 Å². The summed E-state index contributed by atoms with van der Waals surface area (Å²) in [7, 11) is 1.60. The fraction of sp³-hybridized carbons (Fsp3) is 0.222. The molecule has 0 bridgehead atoms. The van der Waals surface area contributed by atoms with Gasteiger partial charge in [-0.1, -0.05) is 37.9 Å². The summed E-state index contributed by atoms with van der Waals surface area (Å²) in [5.74, 6) is 0.765. The molecule has 1 aromatic rings. The van der Waals surface area contributed by atoms with E-state index in [-0.39, 0.29) is 4.83 Å². The van der Waals surface area contributed by atoms with Gasteiger partial charge in [0.15, 0.2) is 0 Å². The van der Waals surface area contributed by atoms with Crippen LogP contribution < -0.4 is 4.74 Å². The van der Waals surface area contributed by atoms with Crippen molar-refractivity contribution in [3.8, 4) is 5.75 Å². The van der Waals surface area contributed by atoms with E-state index in [9.17, 15) is 4.79 Å². The Balaban J connectivity index is 3.04. The summed E-state index contributed by atoms with van der Waals surface area (Å²) < 4.78 is 5.89. The number of carbonyl (C=O) groups is 1. The van der Waals surface area contributed by atoms with Crippen LogP contribution in [0.5, 0.6) is 5.75 Å². The molecule has 0 aliphatic rings. The van der Waals surface area contributed by atoms with Crippen molar-refractivity contribution in [2.45, 2.75) is 4.83 Å². The van der Waals surface area contributed by atoms with Gasteiger partial charge in [0, 0.05) is 4.47 Å². The number of methoxy groups -OCH3 is 1. The molecule has 0 saturated carbocycles. The van der Waals surface area contributed by atoms with Crippen LogP contribution in [-0.2, 0) is 4.79 Å². The van der Waals surface area contributed by atoms with Crippen molar-refractivity contribution in [1.82, 2.24) is 0 Å². The van der Waals surface area contributed by atoms with Gasteiger partial charge in [0.2, 0.25) is 0 Å². The maximum Gasteiger partial charge on any atom is 0.138 e. The second-order valence-corrected chi connectivity index (χ2v) is 4.27. The van der Waals surface area contributed by atoms with Gasteiger partial charge < -0.3 is 9.53 Å². The average Bonchev–Trinajstić information content (AvgIpc) is 2.16. The van der Waals surface area contributed by atoms with Gasteiger partial charge in [-0.15, -0.1) is 0 Å². The molecule has 0 saturated heterocycles. The smallest absolute Gasteiger partial charge is 0.138 e. The number of alkyl halides is 1. The van der Waals surface area contributed by atoms with Crippen LogP contribution in [0.15, 0.2) is 22.7 Å². The van der Waals surface area contributed by atoms with Crippen LogP contribution in [0.2, 0.25) is 0 Å². The number of hydrogen-bond acceptors (Lipinski definition) is 2. The number of aldehydes is 1. The standard InChI is InChI=1S/C9H8Br2O2/c1-13-6-2-3-7(8(10)4-6)9(11)5-12/h2-5,9H,1H3/t9-/m1/s1. The fourth-order valence-corrected chi connectivity index (χ4v) is 2.24. The molecule has 0 aliphatic carbocycles. The van der Waals surface area contributed by atoms with E-state index in [0.29, 0.717) is 0 Å².